The van der Waals surface area contributed by atoms with E-state index < -0.39 is 0 Å². The minimum Gasteiger partial charge on any atom is -0.126 e. The zero-order valence-electron chi connectivity index (χ0n) is 24.4. The molecule has 0 saturated carbocycles. The zero-order valence-corrected chi connectivity index (χ0v) is 28.3. The van der Waals surface area contributed by atoms with Crippen molar-refractivity contribution >= 4 is 24.8 Å². The summed E-state index contributed by atoms with van der Waals surface area (Å²) in [5.41, 5.74) is 4.41. The number of fused-ring (bicyclic) bond motifs is 3. The molecule has 0 nitrogen and oxygen atoms in total. The fourth-order valence-electron chi connectivity index (χ4n) is 4.73. The van der Waals surface area contributed by atoms with Crippen molar-refractivity contribution in [3.05, 3.63) is 150 Å². The number of halogens is 2. The first kappa shape index (κ1) is 34.8. The largest absolute Gasteiger partial charge is 0.126 e. The van der Waals surface area contributed by atoms with Crippen LogP contribution in [0.3, 0.4) is 0 Å². The standard InChI is InChI=1S/C13H9.C13H10.C12H19.2ClH.Zr/c1-3-7-12-10(5-1)9-11-6-2-4-8-13(11)12;1-3-7-12(8-4-1)11-13-9-5-2-6-10-13;1-5-6-10-7-8-11(9-10)12(2,3)4;;;/h1-9H;1-10H;8-10H,5-6H2,1-4H3;2*1H;/q-1;;-1;;;+2/p-2. The number of hydrogen-bond acceptors (Lipinski definition) is 0. The average molecular weight is 657 g/mol. The number of rotatable bonds is 4. The van der Waals surface area contributed by atoms with Crippen LogP contribution in [0, 0.1) is 17.4 Å². The Morgan fingerprint density at radius 2 is 1.15 bits per heavy atom. The van der Waals surface area contributed by atoms with E-state index >= 15 is 0 Å². The number of benzene rings is 4. The molecule has 0 radical (unpaired) electrons. The summed E-state index contributed by atoms with van der Waals surface area (Å²) in [4.78, 5) is 0. The minimum absolute atomic E-state index is 0. The average Bonchev–Trinajstić information content (AvgIpc) is 3.60. The van der Waals surface area contributed by atoms with Crippen LogP contribution in [-0.2, 0) is 24.2 Å². The first-order chi connectivity index (χ1) is 18.9. The smallest absolute Gasteiger partial charge is 0.0771 e. The van der Waals surface area contributed by atoms with Gasteiger partial charge in [-0.1, -0.05) is 88.3 Å². The van der Waals surface area contributed by atoms with Crippen LogP contribution >= 0.6 is 0 Å². The van der Waals surface area contributed by atoms with Crippen LogP contribution in [0.15, 0.2) is 133 Å². The molecule has 0 amide bonds. The molecular formula is C38H38Cl2Zr-2. The van der Waals surface area contributed by atoms with E-state index in [4.69, 9.17) is 0 Å². The summed E-state index contributed by atoms with van der Waals surface area (Å²) in [5, 5.41) is 5.39. The van der Waals surface area contributed by atoms with Gasteiger partial charge >= 0.3 is 99.2 Å². The second kappa shape index (κ2) is 16.9. The summed E-state index contributed by atoms with van der Waals surface area (Å²) >= 11 is 1.46. The van der Waals surface area contributed by atoms with Crippen LogP contribution in [-0.4, -0.2) is 3.21 Å². The molecule has 0 aromatic heterocycles. The summed E-state index contributed by atoms with van der Waals surface area (Å²) in [6, 6.07) is 40.4. The molecule has 0 spiro atoms. The second-order valence-electron chi connectivity index (χ2n) is 11.0. The Balaban J connectivity index is 0.000000211. The molecule has 5 aromatic carbocycles. The molecule has 41 heavy (non-hydrogen) atoms. The monoisotopic (exact) mass is 654 g/mol. The molecule has 5 aromatic rings. The van der Waals surface area contributed by atoms with E-state index in [0.717, 1.165) is 0 Å². The van der Waals surface area contributed by atoms with Crippen LogP contribution < -0.4 is 24.8 Å². The van der Waals surface area contributed by atoms with Gasteiger partial charge in [0.15, 0.2) is 0 Å². The van der Waals surface area contributed by atoms with Crippen LogP contribution in [0.4, 0.5) is 0 Å². The molecule has 1 atom stereocenters. The molecule has 0 heterocycles. The second-order valence-corrected chi connectivity index (χ2v) is 12.2. The van der Waals surface area contributed by atoms with E-state index in [0.29, 0.717) is 11.3 Å². The van der Waals surface area contributed by atoms with Crippen LogP contribution in [0.25, 0.3) is 21.5 Å². The Kier molecular flexibility index (Phi) is 14.3. The van der Waals surface area contributed by atoms with Gasteiger partial charge in [0.2, 0.25) is 0 Å². The first-order valence-electron chi connectivity index (χ1n) is 13.9. The summed E-state index contributed by atoms with van der Waals surface area (Å²) in [5.74, 6) is 0.587. The SMILES string of the molecule is CCCC1[C-]=CC(C(C)(C)C)=C1.[Cl-].[Cl-].[Zr+2]=[C](c1ccccc1)c1ccccc1.c1ccc2c(c1)[cH-]c1ccccc12. The minimum atomic E-state index is 0. The van der Waals surface area contributed by atoms with Crippen molar-refractivity contribution in [1.29, 1.82) is 0 Å². The van der Waals surface area contributed by atoms with E-state index in [1.807, 2.05) is 0 Å². The molecule has 0 bridgehead atoms. The van der Waals surface area contributed by atoms with Gasteiger partial charge in [0, 0.05) is 0 Å². The van der Waals surface area contributed by atoms with Crippen molar-refractivity contribution in [1.82, 2.24) is 0 Å². The fourth-order valence-corrected chi connectivity index (χ4v) is 5.55. The van der Waals surface area contributed by atoms with Crippen LogP contribution in [0.5, 0.6) is 0 Å². The molecule has 1 aliphatic rings. The molecule has 0 aliphatic heterocycles. The number of allylic oxidation sites excluding steroid dienone is 4. The van der Waals surface area contributed by atoms with Gasteiger partial charge in [0.05, 0.1) is 0 Å². The molecular weight excluding hydrogens is 619 g/mol. The Hall–Kier alpha value is -2.44. The van der Waals surface area contributed by atoms with E-state index in [1.54, 1.807) is 0 Å². The Morgan fingerprint density at radius 1 is 0.707 bits per heavy atom. The third kappa shape index (κ3) is 9.82. The predicted octanol–water partition coefficient (Wildman–Crippen LogP) is 4.27. The van der Waals surface area contributed by atoms with E-state index in [9.17, 15) is 0 Å². The van der Waals surface area contributed by atoms with Gasteiger partial charge in [0.25, 0.3) is 0 Å². The van der Waals surface area contributed by atoms with Gasteiger partial charge in [-0.05, 0) is 0 Å². The summed E-state index contributed by atoms with van der Waals surface area (Å²) < 4.78 is 1.42. The van der Waals surface area contributed by atoms with Gasteiger partial charge in [-0.25, -0.2) is 6.08 Å². The van der Waals surface area contributed by atoms with Gasteiger partial charge in [0.1, 0.15) is 0 Å². The summed E-state index contributed by atoms with van der Waals surface area (Å²) in [6.07, 6.45) is 10.4. The van der Waals surface area contributed by atoms with Crippen molar-refractivity contribution in [2.45, 2.75) is 40.5 Å². The molecule has 0 saturated heterocycles. The molecule has 0 fully saturated rings. The quantitative estimate of drug-likeness (QED) is 0.254. The van der Waals surface area contributed by atoms with Crippen molar-refractivity contribution in [3.63, 3.8) is 0 Å². The van der Waals surface area contributed by atoms with Gasteiger partial charge in [-0.2, -0.15) is 11.6 Å². The maximum Gasteiger partial charge on any atom is -0.0771 e. The molecule has 6 rings (SSSR count). The fraction of sp³-hybridized carbons (Fsp3) is 0.211. The summed E-state index contributed by atoms with van der Waals surface area (Å²) in [7, 11) is 0. The van der Waals surface area contributed by atoms with Crippen molar-refractivity contribution in [2.75, 3.05) is 0 Å². The molecule has 1 aliphatic carbocycles. The molecule has 0 N–H and O–H groups in total. The molecule has 1 unspecified atom stereocenters. The Morgan fingerprint density at radius 3 is 1.56 bits per heavy atom. The normalized spacial score (nSPS) is 13.6. The number of hydrogen-bond donors (Lipinski definition) is 0. The van der Waals surface area contributed by atoms with Crippen LogP contribution in [0.1, 0.15) is 51.7 Å². The van der Waals surface area contributed by atoms with E-state index in [-0.39, 0.29) is 24.8 Å². The summed E-state index contributed by atoms with van der Waals surface area (Å²) in [6.45, 7) is 8.99. The zero-order chi connectivity index (χ0) is 27.7. The Bertz CT molecular complexity index is 1460. The van der Waals surface area contributed by atoms with E-state index in [2.05, 4.69) is 161 Å². The molecule has 210 valence electrons. The van der Waals surface area contributed by atoms with Gasteiger partial charge in [-0.15, -0.1) is 39.7 Å². The van der Waals surface area contributed by atoms with Gasteiger partial charge in [-0.3, -0.25) is 6.08 Å². The van der Waals surface area contributed by atoms with Crippen molar-refractivity contribution in [2.24, 2.45) is 11.3 Å². The van der Waals surface area contributed by atoms with Gasteiger partial charge < -0.3 is 24.8 Å². The third-order valence-electron chi connectivity index (χ3n) is 6.95. The third-order valence-corrected chi connectivity index (χ3v) is 8.37. The van der Waals surface area contributed by atoms with Crippen molar-refractivity contribution < 1.29 is 49.0 Å². The van der Waals surface area contributed by atoms with Crippen LogP contribution in [0.2, 0.25) is 0 Å². The maximum atomic E-state index is 3.40. The molecule has 3 heteroatoms. The van der Waals surface area contributed by atoms with E-state index in [1.165, 1.54) is 78.5 Å². The van der Waals surface area contributed by atoms with Crippen molar-refractivity contribution in [3.8, 4) is 0 Å². The maximum absolute atomic E-state index is 3.40. The first-order valence-corrected chi connectivity index (χ1v) is 15.1. The Labute approximate surface area is 274 Å². The predicted molar refractivity (Wildman–Crippen MR) is 167 cm³/mol. The topological polar surface area (TPSA) is 0 Å².